The quantitative estimate of drug-likeness (QED) is 0.889. The smallest absolute Gasteiger partial charge is 0.153 e. The number of aromatic nitrogens is 1. The predicted octanol–water partition coefficient (Wildman–Crippen LogP) is 3.37. The molecular weight excluding hydrogens is 220 g/mol. The number of aryl methyl sites for hydroxylation is 1. The number of hydrogen-bond donors (Lipinski definition) is 1. The molecule has 2 aromatic heterocycles. The lowest BCUT2D eigenvalue weighted by Gasteiger charge is -2.11. The molecule has 0 aliphatic carbocycles. The first-order chi connectivity index (χ1) is 7.58. The summed E-state index contributed by atoms with van der Waals surface area (Å²) in [6.07, 6.45) is 0. The van der Waals surface area contributed by atoms with Crippen molar-refractivity contribution in [3.05, 3.63) is 28.3 Å². The van der Waals surface area contributed by atoms with Crippen molar-refractivity contribution < 1.29 is 4.42 Å². The van der Waals surface area contributed by atoms with E-state index in [1.807, 2.05) is 24.4 Å². The van der Waals surface area contributed by atoms with E-state index in [1.54, 1.807) is 11.3 Å². The van der Waals surface area contributed by atoms with Crippen LogP contribution in [0.5, 0.6) is 0 Å². The van der Waals surface area contributed by atoms with Gasteiger partial charge in [0, 0.05) is 5.38 Å². The molecule has 0 bridgehead atoms. The third kappa shape index (κ3) is 2.18. The summed E-state index contributed by atoms with van der Waals surface area (Å²) in [5.74, 6) is 2.12. The van der Waals surface area contributed by atoms with Crippen LogP contribution in [0, 0.1) is 12.8 Å². The van der Waals surface area contributed by atoms with Crippen LogP contribution >= 0.6 is 11.3 Å². The van der Waals surface area contributed by atoms with Crippen molar-refractivity contribution in [2.24, 2.45) is 11.7 Å². The molecular formula is C12H16N2OS. The SMILES string of the molecule is Cc1ccc(-c2csc(C(N)C(C)C)n2)o1. The number of hydrogen-bond acceptors (Lipinski definition) is 4. The predicted molar refractivity (Wildman–Crippen MR) is 66.3 cm³/mol. The van der Waals surface area contributed by atoms with Crippen LogP contribution in [0.2, 0.25) is 0 Å². The third-order valence-electron chi connectivity index (χ3n) is 2.52. The number of rotatable bonds is 3. The van der Waals surface area contributed by atoms with Gasteiger partial charge in [0.15, 0.2) is 5.76 Å². The van der Waals surface area contributed by atoms with Crippen molar-refractivity contribution in [3.8, 4) is 11.5 Å². The summed E-state index contributed by atoms with van der Waals surface area (Å²) in [5, 5.41) is 2.97. The summed E-state index contributed by atoms with van der Waals surface area (Å²) < 4.78 is 5.53. The minimum atomic E-state index is 0.00908. The van der Waals surface area contributed by atoms with Crippen LogP contribution in [-0.4, -0.2) is 4.98 Å². The molecule has 3 nitrogen and oxygen atoms in total. The molecule has 0 amide bonds. The van der Waals surface area contributed by atoms with Crippen molar-refractivity contribution in [3.63, 3.8) is 0 Å². The van der Waals surface area contributed by atoms with Crippen LogP contribution in [0.25, 0.3) is 11.5 Å². The normalized spacial score (nSPS) is 13.3. The minimum Gasteiger partial charge on any atom is -0.460 e. The lowest BCUT2D eigenvalue weighted by Crippen LogP contribution is -2.16. The summed E-state index contributed by atoms with van der Waals surface area (Å²) >= 11 is 1.59. The zero-order valence-electron chi connectivity index (χ0n) is 9.73. The summed E-state index contributed by atoms with van der Waals surface area (Å²) in [4.78, 5) is 4.51. The largest absolute Gasteiger partial charge is 0.460 e. The van der Waals surface area contributed by atoms with Crippen LogP contribution < -0.4 is 5.73 Å². The van der Waals surface area contributed by atoms with Gasteiger partial charge < -0.3 is 10.2 Å². The van der Waals surface area contributed by atoms with E-state index in [9.17, 15) is 0 Å². The Morgan fingerprint density at radius 2 is 2.12 bits per heavy atom. The van der Waals surface area contributed by atoms with Gasteiger partial charge in [-0.25, -0.2) is 4.98 Å². The van der Waals surface area contributed by atoms with Gasteiger partial charge in [0.1, 0.15) is 16.5 Å². The van der Waals surface area contributed by atoms with E-state index < -0.39 is 0 Å². The first kappa shape index (κ1) is 11.4. The maximum Gasteiger partial charge on any atom is 0.153 e. The third-order valence-corrected chi connectivity index (χ3v) is 3.46. The van der Waals surface area contributed by atoms with Gasteiger partial charge in [-0.1, -0.05) is 13.8 Å². The zero-order valence-corrected chi connectivity index (χ0v) is 10.5. The molecule has 0 saturated carbocycles. The van der Waals surface area contributed by atoms with Crippen LogP contribution in [-0.2, 0) is 0 Å². The highest BCUT2D eigenvalue weighted by atomic mass is 32.1. The molecule has 2 heterocycles. The van der Waals surface area contributed by atoms with E-state index in [4.69, 9.17) is 10.2 Å². The molecule has 2 rings (SSSR count). The molecule has 0 aliphatic heterocycles. The molecule has 1 atom stereocenters. The molecule has 0 aliphatic rings. The fourth-order valence-electron chi connectivity index (χ4n) is 1.41. The van der Waals surface area contributed by atoms with Crippen LogP contribution in [0.1, 0.15) is 30.7 Å². The maximum atomic E-state index is 6.05. The van der Waals surface area contributed by atoms with Gasteiger partial charge >= 0.3 is 0 Å². The maximum absolute atomic E-state index is 6.05. The monoisotopic (exact) mass is 236 g/mol. The van der Waals surface area contributed by atoms with E-state index in [2.05, 4.69) is 18.8 Å². The Bertz CT molecular complexity index is 473. The Hall–Kier alpha value is -1.13. The average molecular weight is 236 g/mol. The first-order valence-electron chi connectivity index (χ1n) is 5.35. The number of nitrogens with zero attached hydrogens (tertiary/aromatic N) is 1. The highest BCUT2D eigenvalue weighted by Gasteiger charge is 2.16. The van der Waals surface area contributed by atoms with E-state index in [0.717, 1.165) is 22.2 Å². The Morgan fingerprint density at radius 3 is 2.69 bits per heavy atom. The molecule has 0 aromatic carbocycles. The van der Waals surface area contributed by atoms with Crippen molar-refractivity contribution in [1.82, 2.24) is 4.98 Å². The number of nitrogens with two attached hydrogens (primary N) is 1. The lowest BCUT2D eigenvalue weighted by atomic mass is 10.1. The highest BCUT2D eigenvalue weighted by molar-refractivity contribution is 7.10. The lowest BCUT2D eigenvalue weighted by molar-refractivity contribution is 0.511. The average Bonchev–Trinajstić information content (AvgIpc) is 2.84. The molecule has 16 heavy (non-hydrogen) atoms. The Labute approximate surface area is 99.3 Å². The Kier molecular flexibility index (Phi) is 3.12. The van der Waals surface area contributed by atoms with Crippen molar-refractivity contribution in [1.29, 1.82) is 0 Å². The van der Waals surface area contributed by atoms with Crippen LogP contribution in [0.15, 0.2) is 21.9 Å². The second-order valence-electron chi connectivity index (χ2n) is 4.25. The summed E-state index contributed by atoms with van der Waals surface area (Å²) in [6.45, 7) is 6.13. The second kappa shape index (κ2) is 4.39. The van der Waals surface area contributed by atoms with Crippen molar-refractivity contribution >= 4 is 11.3 Å². The summed E-state index contributed by atoms with van der Waals surface area (Å²) in [5.41, 5.74) is 6.93. The van der Waals surface area contributed by atoms with Crippen molar-refractivity contribution in [2.45, 2.75) is 26.8 Å². The fourth-order valence-corrected chi connectivity index (χ4v) is 2.39. The van der Waals surface area contributed by atoms with Gasteiger partial charge in [0.25, 0.3) is 0 Å². The standard InChI is InChI=1S/C12H16N2OS/c1-7(2)11(13)12-14-9(6-16-12)10-5-4-8(3)15-10/h4-7,11H,13H2,1-3H3. The van der Waals surface area contributed by atoms with Crippen molar-refractivity contribution in [2.75, 3.05) is 0 Å². The zero-order chi connectivity index (χ0) is 11.7. The van der Waals surface area contributed by atoms with Gasteiger partial charge in [0.2, 0.25) is 0 Å². The molecule has 1 unspecified atom stereocenters. The van der Waals surface area contributed by atoms with Gasteiger partial charge in [0.05, 0.1) is 6.04 Å². The molecule has 2 N–H and O–H groups in total. The molecule has 0 radical (unpaired) electrons. The molecule has 86 valence electrons. The van der Waals surface area contributed by atoms with Gasteiger partial charge in [-0.05, 0) is 25.0 Å². The van der Waals surface area contributed by atoms with E-state index in [-0.39, 0.29) is 6.04 Å². The Balaban J connectivity index is 2.26. The second-order valence-corrected chi connectivity index (χ2v) is 5.14. The van der Waals surface area contributed by atoms with Crippen LogP contribution in [0.3, 0.4) is 0 Å². The number of thiazole rings is 1. The van der Waals surface area contributed by atoms with Gasteiger partial charge in [-0.2, -0.15) is 0 Å². The highest BCUT2D eigenvalue weighted by Crippen LogP contribution is 2.28. The van der Waals surface area contributed by atoms with E-state index in [0.29, 0.717) is 5.92 Å². The van der Waals surface area contributed by atoms with E-state index >= 15 is 0 Å². The molecule has 0 fully saturated rings. The minimum absolute atomic E-state index is 0.00908. The molecule has 2 aromatic rings. The Morgan fingerprint density at radius 1 is 1.38 bits per heavy atom. The first-order valence-corrected chi connectivity index (χ1v) is 6.23. The van der Waals surface area contributed by atoms with Gasteiger partial charge in [-0.3, -0.25) is 0 Å². The molecule has 4 heteroatoms. The summed E-state index contributed by atoms with van der Waals surface area (Å²) in [6, 6.07) is 3.89. The van der Waals surface area contributed by atoms with E-state index in [1.165, 1.54) is 0 Å². The number of furan rings is 1. The summed E-state index contributed by atoms with van der Waals surface area (Å²) in [7, 11) is 0. The van der Waals surface area contributed by atoms with Crippen LogP contribution in [0.4, 0.5) is 0 Å². The topological polar surface area (TPSA) is 52.0 Å². The fraction of sp³-hybridized carbons (Fsp3) is 0.417. The molecule has 0 saturated heterocycles. The molecule has 0 spiro atoms. The van der Waals surface area contributed by atoms with Gasteiger partial charge in [-0.15, -0.1) is 11.3 Å².